The van der Waals surface area contributed by atoms with E-state index in [9.17, 15) is 0 Å². The highest BCUT2D eigenvalue weighted by Gasteiger charge is 2.41. The van der Waals surface area contributed by atoms with E-state index in [0.29, 0.717) is 11.8 Å². The van der Waals surface area contributed by atoms with Gasteiger partial charge >= 0.3 is 0 Å². The summed E-state index contributed by atoms with van der Waals surface area (Å²) in [7, 11) is -3.45. The minimum absolute atomic E-state index is 0.591. The van der Waals surface area contributed by atoms with E-state index in [0.717, 1.165) is 0 Å². The Morgan fingerprint density at radius 2 is 0.604 bits per heavy atom. The lowest BCUT2D eigenvalue weighted by molar-refractivity contribution is 0.414. The third kappa shape index (κ3) is 6.59. The first-order chi connectivity index (χ1) is 23.6. The Kier molecular flexibility index (Phi) is 10.0. The molecule has 0 aliphatic heterocycles. The summed E-state index contributed by atoms with van der Waals surface area (Å²) in [6.45, 7) is 4.98. The van der Waals surface area contributed by atoms with Crippen molar-refractivity contribution in [3.8, 4) is 0 Å². The predicted octanol–water partition coefficient (Wildman–Crippen LogP) is 9.76. The smallest absolute Gasteiger partial charge is 0.0620 e. The van der Waals surface area contributed by atoms with Gasteiger partial charge in [-0.1, -0.05) is 116 Å². The molecule has 7 rings (SSSR count). The van der Waals surface area contributed by atoms with Crippen molar-refractivity contribution in [2.75, 3.05) is 13.3 Å². The lowest BCUT2D eigenvalue weighted by Gasteiger charge is -2.28. The molecule has 1 aliphatic rings. The molecule has 48 heavy (non-hydrogen) atoms. The number of benzene rings is 6. The van der Waals surface area contributed by atoms with E-state index in [1.165, 1.54) is 81.5 Å². The van der Waals surface area contributed by atoms with Crippen LogP contribution < -0.4 is 31.8 Å². The minimum Gasteiger partial charge on any atom is -0.0620 e. The van der Waals surface area contributed by atoms with Gasteiger partial charge in [-0.25, -0.2) is 0 Å². The van der Waals surface area contributed by atoms with Crippen LogP contribution in [0.25, 0.3) is 0 Å². The lowest BCUT2D eigenvalue weighted by Crippen LogP contribution is -2.30. The number of hydrogen-bond acceptors (Lipinski definition) is 0. The summed E-state index contributed by atoms with van der Waals surface area (Å²) >= 11 is 0. The van der Waals surface area contributed by atoms with Crippen molar-refractivity contribution in [3.63, 3.8) is 0 Å². The van der Waals surface area contributed by atoms with Crippen molar-refractivity contribution in [1.29, 1.82) is 0 Å². The highest BCUT2D eigenvalue weighted by atomic mass is 31.2. The summed E-state index contributed by atoms with van der Waals surface area (Å²) in [6, 6.07) is 64.4. The van der Waals surface area contributed by atoms with Crippen molar-refractivity contribution in [1.82, 2.24) is 0 Å². The Hall–Kier alpha value is -3.82. The van der Waals surface area contributed by atoms with E-state index in [4.69, 9.17) is 0 Å². The SMILES string of the molecule is C[P+](c1ccccc1)(c1ccccc1)c1ccc(C2CCCCCC(c3ccc([P+](C)(c4ccccc4)c4ccccc4)cc3)C2)cc1. The van der Waals surface area contributed by atoms with Gasteiger partial charge in [-0.05, 0) is 115 Å². The zero-order valence-corrected chi connectivity index (χ0v) is 30.2. The van der Waals surface area contributed by atoms with Gasteiger partial charge in [-0.2, -0.15) is 0 Å². The maximum Gasteiger partial charge on any atom is 0.109 e. The molecule has 6 aromatic carbocycles. The Morgan fingerprint density at radius 3 is 0.896 bits per heavy atom. The third-order valence-electron chi connectivity index (χ3n) is 11.0. The molecule has 6 aromatic rings. The molecule has 2 unspecified atom stereocenters. The van der Waals surface area contributed by atoms with Crippen LogP contribution >= 0.6 is 14.5 Å². The van der Waals surface area contributed by atoms with Crippen molar-refractivity contribution >= 4 is 46.4 Å². The molecule has 1 saturated carbocycles. The molecule has 0 radical (unpaired) electrons. The first-order valence-corrected chi connectivity index (χ1v) is 22.2. The van der Waals surface area contributed by atoms with Crippen molar-refractivity contribution in [2.45, 2.75) is 50.4 Å². The topological polar surface area (TPSA) is 0 Å². The monoisotopic (exact) mass is 662 g/mol. The molecule has 0 nitrogen and oxygen atoms in total. The van der Waals surface area contributed by atoms with Crippen LogP contribution in [-0.4, -0.2) is 13.3 Å². The summed E-state index contributed by atoms with van der Waals surface area (Å²) in [4.78, 5) is 0. The van der Waals surface area contributed by atoms with Gasteiger partial charge in [0.05, 0.1) is 13.3 Å². The second-order valence-electron chi connectivity index (χ2n) is 13.8. The molecule has 2 atom stereocenters. The summed E-state index contributed by atoms with van der Waals surface area (Å²) in [5.41, 5.74) is 3.03. The van der Waals surface area contributed by atoms with Gasteiger partial charge in [-0.3, -0.25) is 0 Å². The van der Waals surface area contributed by atoms with Crippen LogP contribution in [0.15, 0.2) is 170 Å². The molecule has 2 heteroatoms. The molecular formula is C46H48P2+2. The van der Waals surface area contributed by atoms with Crippen LogP contribution in [-0.2, 0) is 0 Å². The highest BCUT2D eigenvalue weighted by Crippen LogP contribution is 2.53. The van der Waals surface area contributed by atoms with Crippen LogP contribution in [0.3, 0.4) is 0 Å². The highest BCUT2D eigenvalue weighted by molar-refractivity contribution is 7.95. The Labute approximate surface area is 290 Å². The first-order valence-electron chi connectivity index (χ1n) is 17.7. The van der Waals surface area contributed by atoms with E-state index in [2.05, 4.69) is 183 Å². The quantitative estimate of drug-likeness (QED) is 0.142. The van der Waals surface area contributed by atoms with Gasteiger partial charge in [0.2, 0.25) is 0 Å². The molecule has 240 valence electrons. The average Bonchev–Trinajstić information content (AvgIpc) is 3.16. The molecule has 0 N–H and O–H groups in total. The summed E-state index contributed by atoms with van der Waals surface area (Å²) in [5.74, 6) is 1.18. The fourth-order valence-electron chi connectivity index (χ4n) is 8.03. The Bertz CT molecular complexity index is 1650. The third-order valence-corrected chi connectivity index (χ3v) is 19.0. The lowest BCUT2D eigenvalue weighted by atomic mass is 9.78. The Morgan fingerprint density at radius 1 is 0.333 bits per heavy atom. The Balaban J connectivity index is 1.16. The second kappa shape index (κ2) is 14.7. The zero-order valence-electron chi connectivity index (χ0n) is 28.5. The molecule has 1 fully saturated rings. The molecule has 0 amide bonds. The standard InChI is InChI=1S/C46H48P2/c1-47(41-20-10-4-11-21-41,42-22-12-5-13-23-42)45-32-28-37(29-33-45)39-18-8-3-9-19-40(36-39)38-30-34-46(35-31-38)48(2,43-24-14-6-15-25-43)44-26-16-7-17-27-44/h4-7,10-17,20-35,39-40H,3,8-9,18-19,36H2,1-2H3/q+2. The fourth-order valence-corrected chi connectivity index (χ4v) is 14.4. The molecular weight excluding hydrogens is 614 g/mol. The van der Waals surface area contributed by atoms with Gasteiger partial charge in [0.15, 0.2) is 0 Å². The maximum atomic E-state index is 2.49. The van der Waals surface area contributed by atoms with Crippen molar-refractivity contribution in [2.24, 2.45) is 0 Å². The van der Waals surface area contributed by atoms with E-state index in [1.54, 1.807) is 0 Å². The zero-order chi connectivity index (χ0) is 32.8. The molecule has 0 spiro atoms. The van der Waals surface area contributed by atoms with E-state index < -0.39 is 14.5 Å². The number of rotatable bonds is 8. The van der Waals surface area contributed by atoms with Crippen LogP contribution in [0, 0.1) is 0 Å². The second-order valence-corrected chi connectivity index (χ2v) is 20.9. The predicted molar refractivity (Wildman–Crippen MR) is 215 cm³/mol. The van der Waals surface area contributed by atoms with Crippen molar-refractivity contribution < 1.29 is 0 Å². The molecule has 0 bridgehead atoms. The van der Waals surface area contributed by atoms with Gasteiger partial charge in [-0.15, -0.1) is 0 Å². The summed E-state index contributed by atoms with van der Waals surface area (Å²) in [5, 5.41) is 8.69. The van der Waals surface area contributed by atoms with Gasteiger partial charge in [0.25, 0.3) is 0 Å². The minimum atomic E-state index is -1.72. The van der Waals surface area contributed by atoms with E-state index in [-0.39, 0.29) is 0 Å². The van der Waals surface area contributed by atoms with Gasteiger partial charge < -0.3 is 0 Å². The van der Waals surface area contributed by atoms with Crippen molar-refractivity contribution in [3.05, 3.63) is 181 Å². The van der Waals surface area contributed by atoms with Crippen LogP contribution in [0.5, 0.6) is 0 Å². The van der Waals surface area contributed by atoms with E-state index >= 15 is 0 Å². The van der Waals surface area contributed by atoms with Gasteiger partial charge in [0, 0.05) is 0 Å². The molecule has 0 aromatic heterocycles. The van der Waals surface area contributed by atoms with Crippen LogP contribution in [0.1, 0.15) is 61.5 Å². The van der Waals surface area contributed by atoms with E-state index in [1.807, 2.05) is 0 Å². The average molecular weight is 663 g/mol. The number of hydrogen-bond donors (Lipinski definition) is 0. The first kappa shape index (κ1) is 32.7. The summed E-state index contributed by atoms with van der Waals surface area (Å²) in [6.07, 6.45) is 7.78. The largest absolute Gasteiger partial charge is 0.109 e. The molecule has 0 heterocycles. The maximum absolute atomic E-state index is 2.49. The van der Waals surface area contributed by atoms with Crippen LogP contribution in [0.2, 0.25) is 0 Å². The normalized spacial score (nSPS) is 17.3. The molecule has 0 saturated heterocycles. The molecule has 1 aliphatic carbocycles. The van der Waals surface area contributed by atoms with Gasteiger partial charge in [0.1, 0.15) is 46.4 Å². The fraction of sp³-hybridized carbons (Fsp3) is 0.217. The van der Waals surface area contributed by atoms with Crippen LogP contribution in [0.4, 0.5) is 0 Å². The summed E-state index contributed by atoms with van der Waals surface area (Å²) < 4.78 is 0.